The molecule has 6 nitrogen and oxygen atoms in total. The normalized spacial score (nSPS) is 10.4. The summed E-state index contributed by atoms with van der Waals surface area (Å²) in [4.78, 5) is 8.95. The first kappa shape index (κ1) is 35.6. The minimum absolute atomic E-state index is 0.509. The molecule has 0 aliphatic carbocycles. The van der Waals surface area contributed by atoms with Crippen LogP contribution in [0.5, 0.6) is 11.5 Å². The molecule has 0 atom stereocenters. The fourth-order valence-corrected chi connectivity index (χ4v) is 5.93. The molecule has 0 aliphatic heterocycles. The van der Waals surface area contributed by atoms with Crippen LogP contribution in [-0.2, 0) is 13.1 Å². The number of methoxy groups -OCH3 is 2. The highest BCUT2D eigenvalue weighted by atomic mass is 127. The minimum Gasteiger partial charge on any atom is -0.497 e. The molecule has 4 aromatic carbocycles. The monoisotopic (exact) mass is 972 g/mol. The number of anilines is 1. The van der Waals surface area contributed by atoms with Crippen molar-refractivity contribution in [3.63, 3.8) is 0 Å². The van der Waals surface area contributed by atoms with Crippen LogP contribution in [0.3, 0.4) is 0 Å². The van der Waals surface area contributed by atoms with E-state index < -0.39 is 0 Å². The second kappa shape index (κ2) is 17.6. The van der Waals surface area contributed by atoms with Gasteiger partial charge in [-0.05, 0) is 149 Å². The van der Waals surface area contributed by atoms with E-state index in [-0.39, 0.29) is 0 Å². The van der Waals surface area contributed by atoms with Crippen molar-refractivity contribution in [2.24, 2.45) is 5.73 Å². The van der Waals surface area contributed by atoms with E-state index in [4.69, 9.17) is 31.8 Å². The number of benzene rings is 4. The lowest BCUT2D eigenvalue weighted by molar-refractivity contribution is 0.414. The molecule has 0 aliphatic rings. The van der Waals surface area contributed by atoms with Gasteiger partial charge in [0.05, 0.1) is 34.2 Å². The first-order chi connectivity index (χ1) is 21.7. The third-order valence-corrected chi connectivity index (χ3v) is 9.50. The van der Waals surface area contributed by atoms with Gasteiger partial charge in [-0.1, -0.05) is 48.0 Å². The lowest BCUT2D eigenvalue weighted by atomic mass is 10.2. The van der Waals surface area contributed by atoms with Crippen molar-refractivity contribution < 1.29 is 9.47 Å². The maximum atomic E-state index is 5.88. The number of hydrogen-bond acceptors (Lipinski definition) is 6. The van der Waals surface area contributed by atoms with Gasteiger partial charge in [0.2, 0.25) is 0 Å². The third kappa shape index (κ3) is 10.6. The van der Waals surface area contributed by atoms with Crippen LogP contribution in [0.4, 0.5) is 5.82 Å². The molecule has 232 valence electrons. The number of nitrogens with zero attached hydrogens (tertiary/aromatic N) is 2. The van der Waals surface area contributed by atoms with Gasteiger partial charge in [0, 0.05) is 31.0 Å². The highest BCUT2D eigenvalue weighted by Crippen LogP contribution is 2.28. The fourth-order valence-electron chi connectivity index (χ4n) is 4.02. The van der Waals surface area contributed by atoms with Crippen molar-refractivity contribution >= 4 is 116 Å². The van der Waals surface area contributed by atoms with E-state index in [0.717, 1.165) is 57.2 Å². The molecule has 45 heavy (non-hydrogen) atoms. The number of nitrogens with two attached hydrogens (primary N) is 1. The summed E-state index contributed by atoms with van der Waals surface area (Å²) in [5.74, 6) is 2.59. The van der Waals surface area contributed by atoms with Crippen molar-refractivity contribution in [3.05, 3.63) is 129 Å². The van der Waals surface area contributed by atoms with Gasteiger partial charge in [0.1, 0.15) is 22.5 Å². The van der Waals surface area contributed by atoms with E-state index in [2.05, 4.69) is 112 Å². The molecule has 6 rings (SSSR count). The lowest BCUT2D eigenvalue weighted by Gasteiger charge is -2.10. The minimum atomic E-state index is 0.509. The topological polar surface area (TPSA) is 82.3 Å². The van der Waals surface area contributed by atoms with Gasteiger partial charge in [-0.15, -0.1) is 0 Å². The maximum Gasteiger partial charge on any atom is 0.143 e. The quantitative estimate of drug-likeness (QED) is 0.128. The molecule has 0 spiro atoms. The van der Waals surface area contributed by atoms with Crippen LogP contribution in [0, 0.1) is 7.14 Å². The third-order valence-electron chi connectivity index (χ3n) is 6.44. The van der Waals surface area contributed by atoms with E-state index in [1.54, 1.807) is 14.2 Å². The van der Waals surface area contributed by atoms with Crippen molar-refractivity contribution in [2.75, 3.05) is 19.5 Å². The molecule has 2 aromatic heterocycles. The summed E-state index contributed by atoms with van der Waals surface area (Å²) in [5, 5.41) is 6.11. The first-order valence-electron chi connectivity index (χ1n) is 13.6. The van der Waals surface area contributed by atoms with Gasteiger partial charge < -0.3 is 20.5 Å². The molecule has 3 N–H and O–H groups in total. The second-order valence-corrected chi connectivity index (χ2v) is 14.1. The highest BCUT2D eigenvalue weighted by molar-refractivity contribution is 14.1. The molecule has 6 aromatic rings. The summed E-state index contributed by atoms with van der Waals surface area (Å²) in [6.45, 7) is 1.30. The Labute approximate surface area is 312 Å². The number of aromatic nitrogens is 2. The summed E-state index contributed by atoms with van der Waals surface area (Å²) in [7, 11) is 3.32. The number of nitrogens with one attached hydrogen (secondary N) is 1. The maximum absolute atomic E-state index is 5.88. The SMILES string of the molecule is COc1ccc(CN)cc1.COc1ccc(CNc2nc3cc(I)ccc3cc2Br)cc1.Clc1nc2cc(I)ccc2cc1Br. The molecule has 0 saturated heterocycles. The Morgan fingerprint density at radius 2 is 1.18 bits per heavy atom. The van der Waals surface area contributed by atoms with Gasteiger partial charge in [0.15, 0.2) is 0 Å². The van der Waals surface area contributed by atoms with Crippen LogP contribution in [0.25, 0.3) is 21.8 Å². The Hall–Kier alpha value is -2.23. The Bertz CT molecular complexity index is 1860. The molecule has 0 fully saturated rings. The molecule has 0 unspecified atom stereocenters. The summed E-state index contributed by atoms with van der Waals surface area (Å²) in [6.07, 6.45) is 0. The van der Waals surface area contributed by atoms with Crippen molar-refractivity contribution in [3.8, 4) is 11.5 Å². The number of ether oxygens (including phenoxy) is 2. The Morgan fingerprint density at radius 3 is 1.69 bits per heavy atom. The standard InChI is InChI=1S/C17H14BrIN2O.C9H4BrClIN.C8H11NO/c1-22-14-6-2-11(3-7-14)10-20-17-15(18)8-12-4-5-13(19)9-16(12)21-17;10-7-3-5-1-2-6(12)4-8(5)13-9(7)11;1-10-8-4-2-7(6-9)3-5-8/h2-9H,10H2,1H3,(H,20,21);1-4H;2-5H,6,9H2,1H3. The Balaban J connectivity index is 0.000000170. The van der Waals surface area contributed by atoms with Gasteiger partial charge in [-0.3, -0.25) is 0 Å². The van der Waals surface area contributed by atoms with E-state index in [9.17, 15) is 0 Å². The molecule has 0 bridgehead atoms. The Morgan fingerprint density at radius 1 is 0.689 bits per heavy atom. The summed E-state index contributed by atoms with van der Waals surface area (Å²) in [5.41, 5.74) is 9.63. The van der Waals surface area contributed by atoms with Crippen LogP contribution in [-0.4, -0.2) is 24.2 Å². The van der Waals surface area contributed by atoms with Crippen LogP contribution in [0.15, 0.2) is 106 Å². The van der Waals surface area contributed by atoms with Gasteiger partial charge >= 0.3 is 0 Å². The van der Waals surface area contributed by atoms with Crippen molar-refractivity contribution in [1.29, 1.82) is 0 Å². The number of pyridine rings is 2. The highest BCUT2D eigenvalue weighted by Gasteiger charge is 2.06. The summed E-state index contributed by atoms with van der Waals surface area (Å²) >= 11 is 17.4. The van der Waals surface area contributed by atoms with Crippen molar-refractivity contribution in [1.82, 2.24) is 9.97 Å². The number of halogens is 5. The smallest absolute Gasteiger partial charge is 0.143 e. The van der Waals surface area contributed by atoms with E-state index in [1.807, 2.05) is 72.8 Å². The largest absolute Gasteiger partial charge is 0.497 e. The average molecular weight is 975 g/mol. The number of fused-ring (bicyclic) bond motifs is 2. The molecular formula is C34H29Br2ClI2N4O2. The van der Waals surface area contributed by atoms with Crippen LogP contribution < -0.4 is 20.5 Å². The van der Waals surface area contributed by atoms with Crippen molar-refractivity contribution in [2.45, 2.75) is 13.1 Å². The molecule has 0 amide bonds. The first-order valence-corrected chi connectivity index (χ1v) is 17.7. The zero-order valence-electron chi connectivity index (χ0n) is 24.3. The number of rotatable bonds is 6. The van der Waals surface area contributed by atoms with E-state index >= 15 is 0 Å². The number of hydrogen-bond donors (Lipinski definition) is 2. The molecular weight excluding hydrogens is 945 g/mol. The van der Waals surface area contributed by atoms with Crippen LogP contribution in [0.1, 0.15) is 11.1 Å². The predicted molar refractivity (Wildman–Crippen MR) is 211 cm³/mol. The van der Waals surface area contributed by atoms with Gasteiger partial charge in [-0.25, -0.2) is 9.97 Å². The molecule has 0 saturated carbocycles. The van der Waals surface area contributed by atoms with E-state index in [0.29, 0.717) is 18.2 Å². The molecule has 0 radical (unpaired) electrons. The van der Waals surface area contributed by atoms with Crippen LogP contribution in [0.2, 0.25) is 5.15 Å². The van der Waals surface area contributed by atoms with E-state index in [1.165, 1.54) is 9.13 Å². The van der Waals surface area contributed by atoms with Gasteiger partial charge in [0.25, 0.3) is 0 Å². The second-order valence-electron chi connectivity index (χ2n) is 9.51. The summed E-state index contributed by atoms with van der Waals surface area (Å²) in [6, 6.07) is 32.1. The fraction of sp³-hybridized carbons (Fsp3) is 0.118. The van der Waals surface area contributed by atoms with Crippen LogP contribution >= 0.6 is 88.6 Å². The van der Waals surface area contributed by atoms with Gasteiger partial charge in [-0.2, -0.15) is 0 Å². The summed E-state index contributed by atoms with van der Waals surface area (Å²) < 4.78 is 14.3. The molecule has 11 heteroatoms. The predicted octanol–water partition coefficient (Wildman–Crippen LogP) is 10.6. The molecule has 2 heterocycles. The lowest BCUT2D eigenvalue weighted by Crippen LogP contribution is -2.02. The Kier molecular flexibility index (Phi) is 13.9. The average Bonchev–Trinajstić information content (AvgIpc) is 3.05. The zero-order chi connectivity index (χ0) is 32.3. The zero-order valence-corrected chi connectivity index (χ0v) is 32.6.